The van der Waals surface area contributed by atoms with Crippen LogP contribution < -0.4 is 0 Å². The second-order valence-corrected chi connectivity index (χ2v) is 12.7. The van der Waals surface area contributed by atoms with Crippen molar-refractivity contribution in [2.75, 3.05) is 0 Å². The zero-order valence-corrected chi connectivity index (χ0v) is 21.8. The summed E-state index contributed by atoms with van der Waals surface area (Å²) >= 11 is 0. The van der Waals surface area contributed by atoms with Gasteiger partial charge in [-0.25, -0.2) is 0 Å². The van der Waals surface area contributed by atoms with Crippen molar-refractivity contribution in [3.05, 3.63) is 0 Å². The molecule has 8 unspecified atom stereocenters. The molecule has 0 heteroatoms. The monoisotopic (exact) mass is 404 g/mol. The van der Waals surface area contributed by atoms with Gasteiger partial charge in [-0.1, -0.05) is 88.0 Å². The van der Waals surface area contributed by atoms with Gasteiger partial charge in [0.1, 0.15) is 0 Å². The average molecular weight is 405 g/mol. The predicted octanol–water partition coefficient (Wildman–Crippen LogP) is 9.77. The molecule has 0 radical (unpaired) electrons. The smallest absolute Gasteiger partial charge is 0.0204 e. The highest BCUT2D eigenvalue weighted by atomic mass is 14.8. The highest BCUT2D eigenvalue weighted by Crippen LogP contribution is 2.81. The van der Waals surface area contributed by atoms with Gasteiger partial charge < -0.3 is 0 Å². The van der Waals surface area contributed by atoms with E-state index in [1.807, 2.05) is 0 Å². The molecule has 0 N–H and O–H groups in total. The number of hydrogen-bond acceptors (Lipinski definition) is 0. The van der Waals surface area contributed by atoms with E-state index in [9.17, 15) is 0 Å². The predicted molar refractivity (Wildman–Crippen MR) is 131 cm³/mol. The lowest BCUT2D eigenvalue weighted by Crippen LogP contribution is -2.27. The molecule has 172 valence electrons. The largest absolute Gasteiger partial charge is 0.0654 e. The second kappa shape index (κ2) is 10.5. The van der Waals surface area contributed by atoms with Crippen molar-refractivity contribution in [3.8, 4) is 0 Å². The molecule has 2 rings (SSSR count). The zero-order valence-electron chi connectivity index (χ0n) is 21.8. The van der Waals surface area contributed by atoms with Crippen LogP contribution in [0.1, 0.15) is 133 Å². The SMILES string of the molecule is CCCC(C)CC(C)C12CCC(C)C1(CC(CC(C)CC(C)C)C(C)CCC)C2. The van der Waals surface area contributed by atoms with Crippen LogP contribution in [-0.4, -0.2) is 0 Å². The molecular formula is C29H56. The Hall–Kier alpha value is 0. The van der Waals surface area contributed by atoms with Gasteiger partial charge >= 0.3 is 0 Å². The first kappa shape index (κ1) is 25.3. The molecule has 0 aliphatic heterocycles. The van der Waals surface area contributed by atoms with Gasteiger partial charge in [0.15, 0.2) is 0 Å². The molecule has 0 heterocycles. The average Bonchev–Trinajstić information content (AvgIpc) is 3.20. The third kappa shape index (κ3) is 5.63. The summed E-state index contributed by atoms with van der Waals surface area (Å²) in [6.07, 6.45) is 16.1. The minimum atomic E-state index is 0.697. The summed E-state index contributed by atoms with van der Waals surface area (Å²) in [6, 6.07) is 0. The van der Waals surface area contributed by atoms with E-state index in [4.69, 9.17) is 0 Å². The molecule has 0 amide bonds. The maximum Gasteiger partial charge on any atom is -0.0204 e. The molecule has 29 heavy (non-hydrogen) atoms. The standard InChI is InChI=1S/C29H56/c1-10-12-22(5)17-26(9)28-15-14-25(8)29(28,20-28)19-27(24(7)13-11-2)18-23(6)16-21(3)4/h21-27H,10-20H2,1-9H3. The Kier molecular flexibility index (Phi) is 9.18. The summed E-state index contributed by atoms with van der Waals surface area (Å²) in [5, 5.41) is 0. The molecule has 2 aliphatic carbocycles. The van der Waals surface area contributed by atoms with Crippen LogP contribution in [0.4, 0.5) is 0 Å². The number of hydrogen-bond donors (Lipinski definition) is 0. The Bertz CT molecular complexity index is 478. The lowest BCUT2D eigenvalue weighted by Gasteiger charge is -2.35. The highest BCUT2D eigenvalue weighted by Gasteiger charge is 2.73. The zero-order chi connectivity index (χ0) is 21.8. The lowest BCUT2D eigenvalue weighted by atomic mass is 9.70. The van der Waals surface area contributed by atoms with E-state index >= 15 is 0 Å². The molecule has 0 nitrogen and oxygen atoms in total. The first-order chi connectivity index (χ1) is 13.6. The van der Waals surface area contributed by atoms with Crippen molar-refractivity contribution in [3.63, 3.8) is 0 Å². The van der Waals surface area contributed by atoms with Crippen LogP contribution in [0, 0.1) is 52.3 Å². The molecule has 0 bridgehead atoms. The van der Waals surface area contributed by atoms with Crippen LogP contribution in [-0.2, 0) is 0 Å². The lowest BCUT2D eigenvalue weighted by molar-refractivity contribution is 0.142. The summed E-state index contributed by atoms with van der Waals surface area (Å²) in [5.74, 6) is 6.40. The van der Waals surface area contributed by atoms with Crippen LogP contribution in [0.25, 0.3) is 0 Å². The topological polar surface area (TPSA) is 0 Å². The maximum atomic E-state index is 2.64. The Morgan fingerprint density at radius 3 is 2.07 bits per heavy atom. The van der Waals surface area contributed by atoms with Crippen molar-refractivity contribution in [2.24, 2.45) is 52.3 Å². The van der Waals surface area contributed by atoms with Crippen LogP contribution in [0.2, 0.25) is 0 Å². The maximum absolute atomic E-state index is 2.64. The fraction of sp³-hybridized carbons (Fsp3) is 1.00. The van der Waals surface area contributed by atoms with E-state index in [1.54, 1.807) is 12.8 Å². The highest BCUT2D eigenvalue weighted by molar-refractivity contribution is 5.22. The summed E-state index contributed by atoms with van der Waals surface area (Å²) in [4.78, 5) is 0. The first-order valence-electron chi connectivity index (χ1n) is 13.6. The van der Waals surface area contributed by atoms with Gasteiger partial charge in [-0.3, -0.25) is 0 Å². The normalized spacial score (nSPS) is 33.9. The molecule has 0 aromatic carbocycles. The van der Waals surface area contributed by atoms with E-state index in [0.717, 1.165) is 41.4 Å². The quantitative estimate of drug-likeness (QED) is 0.270. The molecular weight excluding hydrogens is 348 g/mol. The van der Waals surface area contributed by atoms with Gasteiger partial charge in [-0.05, 0) is 97.2 Å². The van der Waals surface area contributed by atoms with Gasteiger partial charge in [-0.2, -0.15) is 0 Å². The molecule has 0 spiro atoms. The number of fused-ring (bicyclic) bond motifs is 1. The van der Waals surface area contributed by atoms with E-state index in [-0.39, 0.29) is 0 Å². The van der Waals surface area contributed by atoms with Crippen LogP contribution in [0.15, 0.2) is 0 Å². The molecule has 0 saturated heterocycles. The molecule has 0 aromatic rings. The molecule has 2 fully saturated rings. The van der Waals surface area contributed by atoms with E-state index in [0.29, 0.717) is 10.8 Å². The Balaban J connectivity index is 2.13. The third-order valence-electron chi connectivity index (χ3n) is 9.70. The summed E-state index contributed by atoms with van der Waals surface area (Å²) in [6.45, 7) is 22.5. The van der Waals surface area contributed by atoms with Gasteiger partial charge in [-0.15, -0.1) is 0 Å². The summed E-state index contributed by atoms with van der Waals surface area (Å²) in [7, 11) is 0. The molecule has 2 aliphatic rings. The molecule has 8 atom stereocenters. The van der Waals surface area contributed by atoms with Gasteiger partial charge in [0, 0.05) is 0 Å². The van der Waals surface area contributed by atoms with E-state index in [2.05, 4.69) is 62.3 Å². The Labute approximate surface area is 185 Å². The number of rotatable bonds is 14. The van der Waals surface area contributed by atoms with Crippen molar-refractivity contribution in [2.45, 2.75) is 133 Å². The summed E-state index contributed by atoms with van der Waals surface area (Å²) < 4.78 is 0. The van der Waals surface area contributed by atoms with Crippen LogP contribution in [0.3, 0.4) is 0 Å². The van der Waals surface area contributed by atoms with Gasteiger partial charge in [0.2, 0.25) is 0 Å². The van der Waals surface area contributed by atoms with Crippen molar-refractivity contribution < 1.29 is 0 Å². The first-order valence-corrected chi connectivity index (χ1v) is 13.6. The third-order valence-corrected chi connectivity index (χ3v) is 9.70. The molecule has 2 saturated carbocycles. The van der Waals surface area contributed by atoms with E-state index < -0.39 is 0 Å². The molecule has 0 aromatic heterocycles. The van der Waals surface area contributed by atoms with Crippen molar-refractivity contribution in [1.29, 1.82) is 0 Å². The fourth-order valence-corrected chi connectivity index (χ4v) is 8.19. The summed E-state index contributed by atoms with van der Waals surface area (Å²) in [5.41, 5.74) is 1.41. The minimum Gasteiger partial charge on any atom is -0.0654 e. The Morgan fingerprint density at radius 1 is 0.828 bits per heavy atom. The van der Waals surface area contributed by atoms with Crippen molar-refractivity contribution >= 4 is 0 Å². The van der Waals surface area contributed by atoms with Gasteiger partial charge in [0.25, 0.3) is 0 Å². The van der Waals surface area contributed by atoms with Crippen LogP contribution >= 0.6 is 0 Å². The fourth-order valence-electron chi connectivity index (χ4n) is 8.19. The second-order valence-electron chi connectivity index (χ2n) is 12.7. The minimum absolute atomic E-state index is 0.697. The van der Waals surface area contributed by atoms with E-state index in [1.165, 1.54) is 57.8 Å². The Morgan fingerprint density at radius 2 is 1.48 bits per heavy atom. The van der Waals surface area contributed by atoms with Crippen LogP contribution in [0.5, 0.6) is 0 Å². The van der Waals surface area contributed by atoms with Crippen molar-refractivity contribution in [1.82, 2.24) is 0 Å². The van der Waals surface area contributed by atoms with Gasteiger partial charge in [0.05, 0.1) is 0 Å².